The van der Waals surface area contributed by atoms with E-state index in [0.29, 0.717) is 0 Å². The van der Waals surface area contributed by atoms with Gasteiger partial charge in [0.2, 0.25) is 0 Å². The van der Waals surface area contributed by atoms with Gasteiger partial charge in [-0.2, -0.15) is 0 Å². The zero-order valence-electron chi connectivity index (χ0n) is 11.0. The molecule has 0 heterocycles. The van der Waals surface area contributed by atoms with Gasteiger partial charge in [-0.15, -0.1) is 0 Å². The minimum absolute atomic E-state index is 1.26. The van der Waals surface area contributed by atoms with Crippen LogP contribution in [0, 0.1) is 0 Å². The Morgan fingerprint density at radius 3 is 2.11 bits per heavy atom. The number of rotatable bonds is 2. The summed E-state index contributed by atoms with van der Waals surface area (Å²) in [5.41, 5.74) is 3.82. The third-order valence-corrected chi connectivity index (χ3v) is 3.43. The van der Waals surface area contributed by atoms with Crippen molar-refractivity contribution in [2.45, 2.75) is 6.92 Å². The standard InChI is InChI=1S/C19H16/c1-2-19(16-9-4-3-5-10-16)18-13-12-15-8-6-7-11-17(15)14-18/h2-14H,1H3/b19-2-. The van der Waals surface area contributed by atoms with Crippen molar-refractivity contribution in [1.29, 1.82) is 0 Å². The highest BCUT2D eigenvalue weighted by atomic mass is 14.1. The fourth-order valence-corrected chi connectivity index (χ4v) is 2.47. The van der Waals surface area contributed by atoms with E-state index in [2.05, 4.69) is 85.8 Å². The molecule has 0 saturated heterocycles. The first-order valence-corrected chi connectivity index (χ1v) is 6.59. The Labute approximate surface area is 114 Å². The molecule has 0 aromatic heterocycles. The summed E-state index contributed by atoms with van der Waals surface area (Å²) in [5.74, 6) is 0. The van der Waals surface area contributed by atoms with Crippen LogP contribution in [0.25, 0.3) is 16.3 Å². The summed E-state index contributed by atoms with van der Waals surface area (Å²) in [6.07, 6.45) is 2.18. The summed E-state index contributed by atoms with van der Waals surface area (Å²) < 4.78 is 0. The van der Waals surface area contributed by atoms with Crippen molar-refractivity contribution in [1.82, 2.24) is 0 Å². The van der Waals surface area contributed by atoms with E-state index in [4.69, 9.17) is 0 Å². The minimum Gasteiger partial charge on any atom is -0.0792 e. The van der Waals surface area contributed by atoms with Crippen molar-refractivity contribution in [3.8, 4) is 0 Å². The van der Waals surface area contributed by atoms with Gasteiger partial charge in [-0.1, -0.05) is 72.8 Å². The first-order valence-electron chi connectivity index (χ1n) is 6.59. The highest BCUT2D eigenvalue weighted by Gasteiger charge is 2.04. The van der Waals surface area contributed by atoms with E-state index in [1.807, 2.05) is 0 Å². The Bertz CT molecular complexity index is 721. The second kappa shape index (κ2) is 5.11. The molecule has 0 N–H and O–H groups in total. The van der Waals surface area contributed by atoms with Crippen LogP contribution in [0.2, 0.25) is 0 Å². The van der Waals surface area contributed by atoms with Gasteiger partial charge in [-0.05, 0) is 40.5 Å². The molecular weight excluding hydrogens is 228 g/mol. The van der Waals surface area contributed by atoms with Crippen LogP contribution in [0.1, 0.15) is 18.1 Å². The van der Waals surface area contributed by atoms with Crippen LogP contribution >= 0.6 is 0 Å². The van der Waals surface area contributed by atoms with Gasteiger partial charge in [0.1, 0.15) is 0 Å². The quantitative estimate of drug-likeness (QED) is 0.574. The Morgan fingerprint density at radius 2 is 1.37 bits per heavy atom. The molecule has 92 valence electrons. The molecule has 0 bridgehead atoms. The highest BCUT2D eigenvalue weighted by molar-refractivity contribution is 5.89. The lowest BCUT2D eigenvalue weighted by Gasteiger charge is -2.09. The lowest BCUT2D eigenvalue weighted by molar-refractivity contribution is 1.54. The Hall–Kier alpha value is -2.34. The zero-order valence-corrected chi connectivity index (χ0v) is 11.0. The van der Waals surface area contributed by atoms with Crippen LogP contribution < -0.4 is 0 Å². The molecule has 0 nitrogen and oxygen atoms in total. The Kier molecular flexibility index (Phi) is 3.16. The molecule has 0 amide bonds. The molecule has 0 unspecified atom stereocenters. The van der Waals surface area contributed by atoms with Crippen molar-refractivity contribution in [2.24, 2.45) is 0 Å². The molecule has 0 saturated carbocycles. The van der Waals surface area contributed by atoms with E-state index in [9.17, 15) is 0 Å². The van der Waals surface area contributed by atoms with E-state index < -0.39 is 0 Å². The van der Waals surface area contributed by atoms with E-state index in [1.54, 1.807) is 0 Å². The monoisotopic (exact) mass is 244 g/mol. The van der Waals surface area contributed by atoms with Crippen LogP contribution in [0.3, 0.4) is 0 Å². The first kappa shape index (κ1) is 11.7. The highest BCUT2D eigenvalue weighted by Crippen LogP contribution is 2.26. The fourth-order valence-electron chi connectivity index (χ4n) is 2.47. The van der Waals surface area contributed by atoms with Crippen molar-refractivity contribution in [3.63, 3.8) is 0 Å². The molecule has 0 atom stereocenters. The van der Waals surface area contributed by atoms with Crippen LogP contribution in [0.15, 0.2) is 78.9 Å². The zero-order chi connectivity index (χ0) is 13.1. The second-order valence-electron chi connectivity index (χ2n) is 4.63. The molecule has 0 aliphatic rings. The van der Waals surface area contributed by atoms with Gasteiger partial charge in [0.15, 0.2) is 0 Å². The van der Waals surface area contributed by atoms with Crippen LogP contribution in [-0.2, 0) is 0 Å². The summed E-state index contributed by atoms with van der Waals surface area (Å²) in [6.45, 7) is 2.09. The number of allylic oxidation sites excluding steroid dienone is 1. The summed E-state index contributed by atoms with van der Waals surface area (Å²) >= 11 is 0. The molecule has 19 heavy (non-hydrogen) atoms. The van der Waals surface area contributed by atoms with Gasteiger partial charge < -0.3 is 0 Å². The van der Waals surface area contributed by atoms with Gasteiger partial charge in [0.25, 0.3) is 0 Å². The third kappa shape index (κ3) is 2.30. The molecule has 3 aromatic rings. The summed E-state index contributed by atoms with van der Waals surface area (Å²) in [5, 5.41) is 2.57. The van der Waals surface area contributed by atoms with Crippen LogP contribution in [-0.4, -0.2) is 0 Å². The van der Waals surface area contributed by atoms with Crippen molar-refractivity contribution in [3.05, 3.63) is 90.0 Å². The molecule has 3 aromatic carbocycles. The molecule has 0 aliphatic heterocycles. The SMILES string of the molecule is C/C=C(/c1ccccc1)c1ccc2ccccc2c1. The fraction of sp³-hybridized carbons (Fsp3) is 0.0526. The molecular formula is C19H16. The van der Waals surface area contributed by atoms with E-state index in [-0.39, 0.29) is 0 Å². The van der Waals surface area contributed by atoms with Crippen molar-refractivity contribution < 1.29 is 0 Å². The minimum atomic E-state index is 1.26. The maximum atomic E-state index is 2.26. The maximum Gasteiger partial charge on any atom is -0.0154 e. The number of benzene rings is 3. The first-order chi connectivity index (χ1) is 9.38. The maximum absolute atomic E-state index is 2.26. The van der Waals surface area contributed by atoms with Gasteiger partial charge >= 0.3 is 0 Å². The van der Waals surface area contributed by atoms with Crippen LogP contribution in [0.5, 0.6) is 0 Å². The average molecular weight is 244 g/mol. The summed E-state index contributed by atoms with van der Waals surface area (Å²) in [6, 6.07) is 25.7. The molecule has 3 rings (SSSR count). The van der Waals surface area contributed by atoms with Gasteiger partial charge in [-0.3, -0.25) is 0 Å². The smallest absolute Gasteiger partial charge is 0.0154 e. The van der Waals surface area contributed by atoms with E-state index in [0.717, 1.165) is 0 Å². The number of fused-ring (bicyclic) bond motifs is 1. The Balaban J connectivity index is 2.12. The molecule has 0 spiro atoms. The van der Waals surface area contributed by atoms with Gasteiger partial charge in [0.05, 0.1) is 0 Å². The van der Waals surface area contributed by atoms with E-state index in [1.165, 1.54) is 27.5 Å². The lowest BCUT2D eigenvalue weighted by Crippen LogP contribution is -1.87. The largest absolute Gasteiger partial charge is 0.0792 e. The van der Waals surface area contributed by atoms with Crippen molar-refractivity contribution >= 4 is 16.3 Å². The summed E-state index contributed by atoms with van der Waals surface area (Å²) in [7, 11) is 0. The normalized spacial score (nSPS) is 11.7. The lowest BCUT2D eigenvalue weighted by atomic mass is 9.95. The topological polar surface area (TPSA) is 0 Å². The Morgan fingerprint density at radius 1 is 0.684 bits per heavy atom. The number of hydrogen-bond donors (Lipinski definition) is 0. The van der Waals surface area contributed by atoms with Gasteiger partial charge in [-0.25, -0.2) is 0 Å². The second-order valence-corrected chi connectivity index (χ2v) is 4.63. The van der Waals surface area contributed by atoms with E-state index >= 15 is 0 Å². The number of hydrogen-bond acceptors (Lipinski definition) is 0. The predicted octanol–water partition coefficient (Wildman–Crippen LogP) is 5.29. The van der Waals surface area contributed by atoms with Crippen molar-refractivity contribution in [2.75, 3.05) is 0 Å². The summed E-state index contributed by atoms with van der Waals surface area (Å²) in [4.78, 5) is 0. The molecule has 0 heteroatoms. The molecule has 0 radical (unpaired) electrons. The van der Waals surface area contributed by atoms with Gasteiger partial charge in [0, 0.05) is 0 Å². The molecule has 0 fully saturated rings. The predicted molar refractivity (Wildman–Crippen MR) is 83.1 cm³/mol. The third-order valence-electron chi connectivity index (χ3n) is 3.43. The van der Waals surface area contributed by atoms with Crippen LogP contribution in [0.4, 0.5) is 0 Å². The molecule has 0 aliphatic carbocycles. The average Bonchev–Trinajstić information content (AvgIpc) is 2.49.